The number of nitrogens with one attached hydrogen (secondary N) is 2. The van der Waals surface area contributed by atoms with Gasteiger partial charge in [-0.3, -0.25) is 4.79 Å². The molecule has 1 aliphatic carbocycles. The van der Waals surface area contributed by atoms with Crippen molar-refractivity contribution in [2.75, 3.05) is 25.7 Å². The molecule has 0 unspecified atom stereocenters. The molecule has 0 bridgehead atoms. The van der Waals surface area contributed by atoms with Gasteiger partial charge in [-0.2, -0.15) is 0 Å². The van der Waals surface area contributed by atoms with Crippen LogP contribution < -0.4 is 20.1 Å². The van der Waals surface area contributed by atoms with Gasteiger partial charge >= 0.3 is 0 Å². The fourth-order valence-corrected chi connectivity index (χ4v) is 5.12. The number of methoxy groups -OCH3 is 2. The fraction of sp³-hybridized carbons (Fsp3) is 0.393. The lowest BCUT2D eigenvalue weighted by Crippen LogP contribution is -2.46. The van der Waals surface area contributed by atoms with Crippen molar-refractivity contribution < 1.29 is 14.3 Å². The zero-order valence-corrected chi connectivity index (χ0v) is 25.6. The van der Waals surface area contributed by atoms with Crippen molar-refractivity contribution in [2.45, 2.75) is 43.5 Å². The van der Waals surface area contributed by atoms with Crippen LogP contribution in [0.15, 0.2) is 54.9 Å². The molecule has 1 amide bonds. The summed E-state index contributed by atoms with van der Waals surface area (Å²) >= 11 is 9.31. The van der Waals surface area contributed by atoms with Gasteiger partial charge in [0.05, 0.1) is 20.0 Å². The summed E-state index contributed by atoms with van der Waals surface area (Å²) in [5.41, 5.74) is 3.05. The van der Waals surface area contributed by atoms with Crippen molar-refractivity contribution >= 4 is 51.2 Å². The zero-order valence-electron chi connectivity index (χ0n) is 21.9. The normalized spacial score (nSPS) is 16.3. The minimum Gasteiger partial charge on any atom is -0.493 e. The Morgan fingerprint density at radius 3 is 2.37 bits per heavy atom. The highest BCUT2D eigenvalue weighted by molar-refractivity contribution is 14.1. The van der Waals surface area contributed by atoms with E-state index in [1.165, 1.54) is 17.3 Å². The number of hydrogen-bond donors (Lipinski definition) is 2. The number of alkyl halides is 1. The molecule has 38 heavy (non-hydrogen) atoms. The summed E-state index contributed by atoms with van der Waals surface area (Å²) in [4.78, 5) is 23.4. The standard InChI is InChI=1S/C27H31ClN4O3S.CH3I/c1-34-24-11-8-19(14-25(24)35-2)20-15-30-26(31-16-20)17-36-27(33)32-23-5-3-4-22(23)29-13-12-18-6-9-21(28)10-7-18;1-2/h6-11,14-16,22-23,29H,3-5,12-13,17H2,1-2H3,(H,32,33);1H3/t22-,23-;/m1./s1. The summed E-state index contributed by atoms with van der Waals surface area (Å²) in [7, 11) is 3.21. The molecule has 2 N–H and O–H groups in total. The molecule has 1 fully saturated rings. The van der Waals surface area contributed by atoms with E-state index in [0.717, 1.165) is 48.4 Å². The maximum atomic E-state index is 12.6. The van der Waals surface area contributed by atoms with Crippen LogP contribution in [-0.2, 0) is 12.2 Å². The minimum atomic E-state index is -0.0426. The summed E-state index contributed by atoms with van der Waals surface area (Å²) in [5, 5.41) is 7.50. The van der Waals surface area contributed by atoms with Gasteiger partial charge in [0, 0.05) is 35.1 Å². The number of thioether (sulfide) groups is 1. The Balaban J connectivity index is 0.00000195. The van der Waals surface area contributed by atoms with Crippen LogP contribution in [0.5, 0.6) is 11.5 Å². The highest BCUT2D eigenvalue weighted by Crippen LogP contribution is 2.32. The van der Waals surface area contributed by atoms with E-state index < -0.39 is 0 Å². The van der Waals surface area contributed by atoms with E-state index in [4.69, 9.17) is 21.1 Å². The van der Waals surface area contributed by atoms with Gasteiger partial charge in [0.15, 0.2) is 11.5 Å². The number of amides is 1. The number of nitrogens with zero attached hydrogens (tertiary/aromatic N) is 2. The van der Waals surface area contributed by atoms with Crippen LogP contribution in [0, 0.1) is 0 Å². The molecule has 4 rings (SSSR count). The van der Waals surface area contributed by atoms with Gasteiger partial charge in [-0.05, 0) is 72.6 Å². The third-order valence-corrected chi connectivity index (χ3v) is 7.34. The predicted molar refractivity (Wildman–Crippen MR) is 165 cm³/mol. The van der Waals surface area contributed by atoms with E-state index in [0.29, 0.717) is 29.1 Å². The number of carbonyl (C=O) groups excluding carboxylic acids is 1. The Morgan fingerprint density at radius 2 is 1.68 bits per heavy atom. The van der Waals surface area contributed by atoms with Crippen molar-refractivity contribution in [3.8, 4) is 22.6 Å². The first-order chi connectivity index (χ1) is 18.6. The second-order valence-electron chi connectivity index (χ2n) is 8.65. The summed E-state index contributed by atoms with van der Waals surface area (Å²) in [6.07, 6.45) is 7.62. The maximum absolute atomic E-state index is 12.6. The Bertz CT molecular complexity index is 1150. The van der Waals surface area contributed by atoms with Crippen molar-refractivity contribution in [1.29, 1.82) is 0 Å². The first-order valence-electron chi connectivity index (χ1n) is 12.4. The SMILES string of the molecule is CI.COc1ccc(-c2cnc(CSC(=O)N[C@@H]3CCC[C@H]3NCCc3ccc(Cl)cc3)nc2)cc1OC. The zero-order chi connectivity index (χ0) is 27.3. The Morgan fingerprint density at radius 1 is 1.00 bits per heavy atom. The second kappa shape index (κ2) is 16.1. The molecule has 2 atom stereocenters. The van der Waals surface area contributed by atoms with E-state index in [1.54, 1.807) is 26.6 Å². The molecule has 2 aromatic carbocycles. The van der Waals surface area contributed by atoms with Gasteiger partial charge in [0.2, 0.25) is 0 Å². The molecule has 0 spiro atoms. The Hall–Kier alpha value is -2.08. The monoisotopic (exact) mass is 668 g/mol. The number of ether oxygens (including phenoxy) is 2. The largest absolute Gasteiger partial charge is 0.493 e. The van der Waals surface area contributed by atoms with E-state index in [1.807, 2.05) is 35.3 Å². The van der Waals surface area contributed by atoms with Crippen LogP contribution in [0.25, 0.3) is 11.1 Å². The van der Waals surface area contributed by atoms with Gasteiger partial charge in [0.1, 0.15) is 5.82 Å². The van der Waals surface area contributed by atoms with Crippen LogP contribution >= 0.6 is 46.0 Å². The molecule has 0 aliphatic heterocycles. The summed E-state index contributed by atoms with van der Waals surface area (Å²) in [6, 6.07) is 14.0. The molecule has 1 heterocycles. The van der Waals surface area contributed by atoms with Gasteiger partial charge in [0.25, 0.3) is 5.24 Å². The Kier molecular flexibility index (Phi) is 12.9. The fourth-order valence-electron chi connectivity index (χ4n) is 4.35. The molecule has 204 valence electrons. The van der Waals surface area contributed by atoms with Gasteiger partial charge in [-0.1, -0.05) is 64.2 Å². The minimum absolute atomic E-state index is 0.0426. The Labute approximate surface area is 248 Å². The molecular formula is C28H34ClIN4O3S. The topological polar surface area (TPSA) is 85.4 Å². The van der Waals surface area contributed by atoms with Crippen molar-refractivity contribution in [2.24, 2.45) is 0 Å². The number of aromatic nitrogens is 2. The number of benzene rings is 2. The van der Waals surface area contributed by atoms with E-state index in [9.17, 15) is 4.79 Å². The molecule has 0 radical (unpaired) electrons. The quantitative estimate of drug-likeness (QED) is 0.187. The average molecular weight is 669 g/mol. The van der Waals surface area contributed by atoms with Crippen molar-refractivity contribution in [1.82, 2.24) is 20.6 Å². The molecule has 1 aromatic heterocycles. The van der Waals surface area contributed by atoms with Gasteiger partial charge in [-0.15, -0.1) is 0 Å². The lowest BCUT2D eigenvalue weighted by atomic mass is 10.1. The molecule has 0 saturated heterocycles. The molecule has 1 aliphatic rings. The van der Waals surface area contributed by atoms with E-state index >= 15 is 0 Å². The first-order valence-corrected chi connectivity index (χ1v) is 15.9. The maximum Gasteiger partial charge on any atom is 0.279 e. The number of rotatable bonds is 10. The molecule has 10 heteroatoms. The van der Waals surface area contributed by atoms with Crippen LogP contribution in [0.3, 0.4) is 0 Å². The summed E-state index contributed by atoms with van der Waals surface area (Å²) in [5.74, 6) is 2.35. The third kappa shape index (κ3) is 9.00. The molecule has 7 nitrogen and oxygen atoms in total. The van der Waals surface area contributed by atoms with Crippen molar-refractivity contribution in [3.63, 3.8) is 0 Å². The molecular weight excluding hydrogens is 635 g/mol. The van der Waals surface area contributed by atoms with E-state index in [2.05, 4.69) is 55.3 Å². The highest BCUT2D eigenvalue weighted by atomic mass is 127. The van der Waals surface area contributed by atoms with Crippen LogP contribution in [0.2, 0.25) is 5.02 Å². The highest BCUT2D eigenvalue weighted by Gasteiger charge is 2.28. The van der Waals surface area contributed by atoms with Gasteiger partial charge in [-0.25, -0.2) is 9.97 Å². The average Bonchev–Trinajstić information content (AvgIpc) is 3.40. The second-order valence-corrected chi connectivity index (χ2v) is 10.0. The van der Waals surface area contributed by atoms with Crippen LogP contribution in [-0.4, -0.2) is 53.0 Å². The first kappa shape index (κ1) is 30.5. The molecule has 3 aromatic rings. The lowest BCUT2D eigenvalue weighted by molar-refractivity contribution is 0.255. The predicted octanol–water partition coefficient (Wildman–Crippen LogP) is 6.56. The lowest BCUT2D eigenvalue weighted by Gasteiger charge is -2.22. The van der Waals surface area contributed by atoms with Crippen LogP contribution in [0.4, 0.5) is 4.79 Å². The number of carbonyl (C=O) groups is 1. The van der Waals surface area contributed by atoms with Gasteiger partial charge < -0.3 is 20.1 Å². The number of halogens is 2. The summed E-state index contributed by atoms with van der Waals surface area (Å²) < 4.78 is 10.7. The van der Waals surface area contributed by atoms with E-state index in [-0.39, 0.29) is 11.3 Å². The molecule has 1 saturated carbocycles. The van der Waals surface area contributed by atoms with Crippen LogP contribution in [0.1, 0.15) is 30.7 Å². The van der Waals surface area contributed by atoms with Crippen molar-refractivity contribution in [3.05, 3.63) is 71.3 Å². The smallest absolute Gasteiger partial charge is 0.279 e. The summed E-state index contributed by atoms with van der Waals surface area (Å²) in [6.45, 7) is 0.867. The number of hydrogen-bond acceptors (Lipinski definition) is 7. The third-order valence-electron chi connectivity index (χ3n) is 6.31.